The van der Waals surface area contributed by atoms with Crippen molar-refractivity contribution < 1.29 is 24.5 Å². The van der Waals surface area contributed by atoms with E-state index in [2.05, 4.69) is 43.5 Å². The van der Waals surface area contributed by atoms with Gasteiger partial charge in [-0.25, -0.2) is 0 Å². The first-order valence-corrected chi connectivity index (χ1v) is 33.1. The number of hydrogen-bond donors (Lipinski definition) is 3. The standard InChI is InChI=1S/C67H129NO5/c1-3-5-7-9-11-13-15-17-19-20-21-22-23-24-25-26-28-32-35-39-43-47-51-55-59-65(70)64(63-69)68-66(71)60-56-52-48-44-40-36-33-29-27-30-34-38-42-46-50-54-58-62-73-67(72)61-57-53-49-45-41-37-31-18-16-14-12-10-8-6-4-2/h18,27,30-31,64-65,69-70H,3-17,19-26,28-29,32-63H2,1-2H3,(H,68,71)/b30-27-,31-18-. The molecule has 0 aromatic carbocycles. The maximum Gasteiger partial charge on any atom is 0.305 e. The molecule has 432 valence electrons. The number of nitrogens with one attached hydrogen (secondary N) is 1. The van der Waals surface area contributed by atoms with Crippen LogP contribution in [0.2, 0.25) is 0 Å². The lowest BCUT2D eigenvalue weighted by Gasteiger charge is -2.22. The number of unbranched alkanes of at least 4 members (excludes halogenated alkanes) is 47. The third kappa shape index (κ3) is 59.4. The maximum absolute atomic E-state index is 12.5. The number of aliphatic hydroxyl groups excluding tert-OH is 2. The molecule has 73 heavy (non-hydrogen) atoms. The van der Waals surface area contributed by atoms with Crippen LogP contribution in [0.5, 0.6) is 0 Å². The van der Waals surface area contributed by atoms with Gasteiger partial charge in [-0.3, -0.25) is 9.59 Å². The van der Waals surface area contributed by atoms with Crippen LogP contribution in [0.15, 0.2) is 24.3 Å². The van der Waals surface area contributed by atoms with E-state index in [1.807, 2.05) is 0 Å². The summed E-state index contributed by atoms with van der Waals surface area (Å²) in [6, 6.07) is -0.552. The van der Waals surface area contributed by atoms with Gasteiger partial charge in [-0.2, -0.15) is 0 Å². The molecule has 2 unspecified atom stereocenters. The summed E-state index contributed by atoms with van der Waals surface area (Å²) in [5.41, 5.74) is 0. The van der Waals surface area contributed by atoms with Crippen molar-refractivity contribution >= 4 is 11.9 Å². The Morgan fingerprint density at radius 3 is 0.973 bits per heavy atom. The lowest BCUT2D eigenvalue weighted by molar-refractivity contribution is -0.143. The van der Waals surface area contributed by atoms with Gasteiger partial charge in [-0.15, -0.1) is 0 Å². The van der Waals surface area contributed by atoms with Crippen LogP contribution in [0.25, 0.3) is 0 Å². The molecule has 0 fully saturated rings. The molecular formula is C67H129NO5. The molecule has 0 saturated heterocycles. The van der Waals surface area contributed by atoms with E-state index in [0.717, 1.165) is 57.8 Å². The molecule has 6 heteroatoms. The monoisotopic (exact) mass is 1030 g/mol. The minimum Gasteiger partial charge on any atom is -0.466 e. The highest BCUT2D eigenvalue weighted by atomic mass is 16.5. The van der Waals surface area contributed by atoms with E-state index in [4.69, 9.17) is 4.74 Å². The highest BCUT2D eigenvalue weighted by Crippen LogP contribution is 2.18. The van der Waals surface area contributed by atoms with E-state index in [1.54, 1.807) is 0 Å². The molecule has 0 aliphatic carbocycles. The van der Waals surface area contributed by atoms with Gasteiger partial charge < -0.3 is 20.3 Å². The van der Waals surface area contributed by atoms with Crippen LogP contribution < -0.4 is 5.32 Å². The Labute approximate surface area is 456 Å². The van der Waals surface area contributed by atoms with Crippen LogP contribution >= 0.6 is 0 Å². The molecular weight excluding hydrogens is 899 g/mol. The Morgan fingerprint density at radius 2 is 0.644 bits per heavy atom. The summed E-state index contributed by atoms with van der Waals surface area (Å²) in [7, 11) is 0. The van der Waals surface area contributed by atoms with Crippen molar-refractivity contribution in [3.63, 3.8) is 0 Å². The zero-order chi connectivity index (χ0) is 52.9. The SMILES string of the molecule is CCCCCCCC/C=C\CCCCCCCC(=O)OCCCCCCCC/C=C\CCCCCCCCCC(=O)NC(CO)C(O)CCCCCCCCCCCCCCCCCCCCCCCCCC. The maximum atomic E-state index is 12.5. The topological polar surface area (TPSA) is 95.9 Å². The van der Waals surface area contributed by atoms with E-state index in [0.29, 0.717) is 25.9 Å². The number of aliphatic hydroxyl groups is 2. The molecule has 1 amide bonds. The summed E-state index contributed by atoms with van der Waals surface area (Å²) in [5, 5.41) is 23.4. The second kappa shape index (κ2) is 62.9. The molecule has 0 rings (SSSR count). The second-order valence-electron chi connectivity index (χ2n) is 22.8. The van der Waals surface area contributed by atoms with Crippen molar-refractivity contribution in [2.24, 2.45) is 0 Å². The number of rotatable bonds is 62. The number of ether oxygens (including phenoxy) is 1. The molecule has 0 bridgehead atoms. The van der Waals surface area contributed by atoms with Crippen molar-refractivity contribution in [3.05, 3.63) is 24.3 Å². The normalized spacial score (nSPS) is 12.7. The van der Waals surface area contributed by atoms with Crippen molar-refractivity contribution in [3.8, 4) is 0 Å². The molecule has 2 atom stereocenters. The van der Waals surface area contributed by atoms with E-state index < -0.39 is 12.1 Å². The van der Waals surface area contributed by atoms with Crippen LogP contribution in [0.1, 0.15) is 367 Å². The second-order valence-corrected chi connectivity index (χ2v) is 22.8. The molecule has 0 aliphatic heterocycles. The first-order chi connectivity index (χ1) is 36.0. The molecule has 0 heterocycles. The Hall–Kier alpha value is -1.66. The number of carbonyl (C=O) groups is 2. The average Bonchev–Trinajstić information content (AvgIpc) is 3.39. The third-order valence-corrected chi connectivity index (χ3v) is 15.5. The number of hydrogen-bond acceptors (Lipinski definition) is 5. The van der Waals surface area contributed by atoms with Gasteiger partial charge in [0.2, 0.25) is 5.91 Å². The fraction of sp³-hybridized carbons (Fsp3) is 0.910. The van der Waals surface area contributed by atoms with Crippen molar-refractivity contribution in [1.29, 1.82) is 0 Å². The number of carbonyl (C=O) groups excluding carboxylic acids is 2. The van der Waals surface area contributed by atoms with E-state index in [9.17, 15) is 19.8 Å². The molecule has 0 aromatic heterocycles. The summed E-state index contributed by atoms with van der Waals surface area (Å²) in [4.78, 5) is 24.6. The third-order valence-electron chi connectivity index (χ3n) is 15.5. The quantitative estimate of drug-likeness (QED) is 0.0320. The molecule has 6 nitrogen and oxygen atoms in total. The first-order valence-electron chi connectivity index (χ1n) is 33.1. The Kier molecular flexibility index (Phi) is 61.4. The van der Waals surface area contributed by atoms with Gasteiger partial charge in [0.05, 0.1) is 25.4 Å². The van der Waals surface area contributed by atoms with Gasteiger partial charge in [0.1, 0.15) is 0 Å². The van der Waals surface area contributed by atoms with Gasteiger partial charge in [0, 0.05) is 12.8 Å². The van der Waals surface area contributed by atoms with Crippen LogP contribution in [-0.4, -0.2) is 47.4 Å². The van der Waals surface area contributed by atoms with Gasteiger partial charge in [0.15, 0.2) is 0 Å². The highest BCUT2D eigenvalue weighted by Gasteiger charge is 2.20. The van der Waals surface area contributed by atoms with E-state index >= 15 is 0 Å². The predicted molar refractivity (Wildman–Crippen MR) is 320 cm³/mol. The minimum atomic E-state index is -0.674. The Morgan fingerprint density at radius 1 is 0.370 bits per heavy atom. The zero-order valence-corrected chi connectivity index (χ0v) is 49.4. The lowest BCUT2D eigenvalue weighted by Crippen LogP contribution is -2.45. The van der Waals surface area contributed by atoms with Crippen LogP contribution in [0, 0.1) is 0 Å². The molecule has 3 N–H and O–H groups in total. The van der Waals surface area contributed by atoms with Crippen LogP contribution in [0.4, 0.5) is 0 Å². The fourth-order valence-electron chi connectivity index (χ4n) is 10.4. The Bertz CT molecular complexity index is 1140. The van der Waals surface area contributed by atoms with Gasteiger partial charge >= 0.3 is 5.97 Å². The van der Waals surface area contributed by atoms with Crippen molar-refractivity contribution in [1.82, 2.24) is 5.32 Å². The molecule has 0 aromatic rings. The van der Waals surface area contributed by atoms with Gasteiger partial charge in [-0.1, -0.05) is 301 Å². The molecule has 0 aliphatic rings. The average molecular weight is 1030 g/mol. The summed E-state index contributed by atoms with van der Waals surface area (Å²) >= 11 is 0. The summed E-state index contributed by atoms with van der Waals surface area (Å²) in [6.07, 6.45) is 77.7. The minimum absolute atomic E-state index is 0.00876. The van der Waals surface area contributed by atoms with Crippen LogP contribution in [-0.2, 0) is 14.3 Å². The summed E-state index contributed by atoms with van der Waals surface area (Å²) < 4.78 is 5.47. The number of amides is 1. The first kappa shape index (κ1) is 71.3. The zero-order valence-electron chi connectivity index (χ0n) is 49.4. The molecule has 0 saturated carbocycles. The summed E-state index contributed by atoms with van der Waals surface area (Å²) in [5.74, 6) is -0.0520. The van der Waals surface area contributed by atoms with Gasteiger partial charge in [-0.05, 0) is 77.0 Å². The fourth-order valence-corrected chi connectivity index (χ4v) is 10.4. The lowest BCUT2D eigenvalue weighted by atomic mass is 10.0. The highest BCUT2D eigenvalue weighted by molar-refractivity contribution is 5.76. The predicted octanol–water partition coefficient (Wildman–Crippen LogP) is 21.0. The Balaban J connectivity index is 3.45. The van der Waals surface area contributed by atoms with Crippen molar-refractivity contribution in [2.75, 3.05) is 13.2 Å². The molecule has 0 spiro atoms. The van der Waals surface area contributed by atoms with Crippen molar-refractivity contribution in [2.45, 2.75) is 379 Å². The number of esters is 1. The largest absolute Gasteiger partial charge is 0.466 e. The number of allylic oxidation sites excluding steroid dienone is 4. The smallest absolute Gasteiger partial charge is 0.305 e. The van der Waals surface area contributed by atoms with E-state index in [1.165, 1.54) is 276 Å². The van der Waals surface area contributed by atoms with E-state index in [-0.39, 0.29) is 18.5 Å². The van der Waals surface area contributed by atoms with Crippen LogP contribution in [0.3, 0.4) is 0 Å². The summed E-state index contributed by atoms with van der Waals surface area (Å²) in [6.45, 7) is 4.95. The molecule has 0 radical (unpaired) electrons. The van der Waals surface area contributed by atoms with Gasteiger partial charge in [0.25, 0.3) is 0 Å².